The number of fused-ring (bicyclic) bond motifs is 1. The molecule has 3 rings (SSSR count). The number of sulfone groups is 1. The molecule has 0 unspecified atom stereocenters. The zero-order valence-electron chi connectivity index (χ0n) is 15.2. The number of ether oxygens (including phenoxy) is 2. The summed E-state index contributed by atoms with van der Waals surface area (Å²) in [6, 6.07) is 5.69. The number of benzene rings is 1. The molecule has 0 saturated heterocycles. The van der Waals surface area contributed by atoms with Gasteiger partial charge in [-0.25, -0.2) is 8.42 Å². The van der Waals surface area contributed by atoms with Gasteiger partial charge in [0.25, 0.3) is 5.91 Å². The van der Waals surface area contributed by atoms with Crippen molar-refractivity contribution in [3.8, 4) is 11.5 Å². The zero-order chi connectivity index (χ0) is 19.8. The monoisotopic (exact) mass is 392 g/mol. The SMILES string of the molecule is C=C(C(=O)Nc1cc(C(C)(C)C)on1)S(=O)(=O)c1ccc2c(c1)OCCO2. The Kier molecular flexibility index (Phi) is 4.73. The Morgan fingerprint density at radius 1 is 1.15 bits per heavy atom. The predicted molar refractivity (Wildman–Crippen MR) is 97.6 cm³/mol. The fourth-order valence-electron chi connectivity index (χ4n) is 2.33. The number of hydrogen-bond acceptors (Lipinski definition) is 7. The van der Waals surface area contributed by atoms with Crippen LogP contribution < -0.4 is 14.8 Å². The highest BCUT2D eigenvalue weighted by Gasteiger charge is 2.28. The van der Waals surface area contributed by atoms with Crippen molar-refractivity contribution in [1.82, 2.24) is 5.16 Å². The number of carbonyl (C=O) groups excluding carboxylic acids is 1. The van der Waals surface area contributed by atoms with Crippen LogP contribution in [0, 0.1) is 0 Å². The molecule has 9 heteroatoms. The molecule has 0 radical (unpaired) electrons. The van der Waals surface area contributed by atoms with E-state index < -0.39 is 20.6 Å². The van der Waals surface area contributed by atoms with Crippen LogP contribution in [-0.4, -0.2) is 32.7 Å². The van der Waals surface area contributed by atoms with Crippen LogP contribution in [0.4, 0.5) is 5.82 Å². The summed E-state index contributed by atoms with van der Waals surface area (Å²) in [7, 11) is -4.11. The molecule has 1 aliphatic heterocycles. The van der Waals surface area contributed by atoms with Crippen LogP contribution >= 0.6 is 0 Å². The normalized spacial score (nSPS) is 13.9. The van der Waals surface area contributed by atoms with E-state index >= 15 is 0 Å². The van der Waals surface area contributed by atoms with Gasteiger partial charge in [0, 0.05) is 17.5 Å². The van der Waals surface area contributed by atoms with Crippen LogP contribution in [-0.2, 0) is 20.0 Å². The van der Waals surface area contributed by atoms with Crippen LogP contribution in [0.15, 0.2) is 45.2 Å². The van der Waals surface area contributed by atoms with Crippen LogP contribution in [0.25, 0.3) is 0 Å². The molecule has 0 atom stereocenters. The highest BCUT2D eigenvalue weighted by molar-refractivity contribution is 7.96. The zero-order valence-corrected chi connectivity index (χ0v) is 16.1. The molecule has 2 heterocycles. The van der Waals surface area contributed by atoms with Crippen molar-refractivity contribution < 1.29 is 27.2 Å². The molecule has 1 N–H and O–H groups in total. The van der Waals surface area contributed by atoms with Gasteiger partial charge in [-0.1, -0.05) is 32.5 Å². The van der Waals surface area contributed by atoms with Gasteiger partial charge < -0.3 is 19.3 Å². The molecule has 1 aromatic heterocycles. The summed E-state index contributed by atoms with van der Waals surface area (Å²) >= 11 is 0. The van der Waals surface area contributed by atoms with Gasteiger partial charge in [-0.3, -0.25) is 4.79 Å². The average molecular weight is 392 g/mol. The fourth-order valence-corrected chi connectivity index (χ4v) is 3.42. The maximum Gasteiger partial charge on any atom is 0.268 e. The molecule has 1 aromatic carbocycles. The number of nitrogens with zero attached hydrogens (tertiary/aromatic N) is 1. The summed E-state index contributed by atoms with van der Waals surface area (Å²) in [5.74, 6) is 0.537. The molecular formula is C18H20N2O6S. The molecule has 0 spiro atoms. The summed E-state index contributed by atoms with van der Waals surface area (Å²) in [5.41, 5.74) is -0.301. The Morgan fingerprint density at radius 2 is 1.81 bits per heavy atom. The van der Waals surface area contributed by atoms with Gasteiger partial charge in [0.05, 0.1) is 4.90 Å². The van der Waals surface area contributed by atoms with Gasteiger partial charge in [-0.15, -0.1) is 0 Å². The van der Waals surface area contributed by atoms with Crippen molar-refractivity contribution >= 4 is 21.6 Å². The molecule has 8 nitrogen and oxygen atoms in total. The molecular weight excluding hydrogens is 372 g/mol. The molecule has 2 aromatic rings. The highest BCUT2D eigenvalue weighted by atomic mass is 32.2. The number of aromatic nitrogens is 1. The highest BCUT2D eigenvalue weighted by Crippen LogP contribution is 2.34. The molecule has 0 aliphatic carbocycles. The fraction of sp³-hybridized carbons (Fsp3) is 0.333. The summed E-state index contributed by atoms with van der Waals surface area (Å²) in [6.45, 7) is 9.91. The van der Waals surface area contributed by atoms with Crippen LogP contribution in [0.2, 0.25) is 0 Å². The van der Waals surface area contributed by atoms with E-state index in [2.05, 4.69) is 17.1 Å². The van der Waals surface area contributed by atoms with E-state index in [9.17, 15) is 13.2 Å². The first-order valence-corrected chi connectivity index (χ1v) is 9.69. The van der Waals surface area contributed by atoms with Gasteiger partial charge in [0.15, 0.2) is 17.3 Å². The van der Waals surface area contributed by atoms with Crippen molar-refractivity contribution in [2.75, 3.05) is 18.5 Å². The predicted octanol–water partition coefficient (Wildman–Crippen LogP) is 2.67. The lowest BCUT2D eigenvalue weighted by atomic mass is 9.93. The first kappa shape index (κ1) is 19.0. The number of carbonyl (C=O) groups is 1. The number of hydrogen-bond donors (Lipinski definition) is 1. The van der Waals surface area contributed by atoms with Crippen molar-refractivity contribution in [3.05, 3.63) is 41.5 Å². The lowest BCUT2D eigenvalue weighted by Gasteiger charge is -2.19. The smallest absolute Gasteiger partial charge is 0.268 e. The van der Waals surface area contributed by atoms with E-state index in [1.165, 1.54) is 18.2 Å². The third-order valence-electron chi connectivity index (χ3n) is 3.89. The first-order chi connectivity index (χ1) is 12.6. The molecule has 0 saturated carbocycles. The molecule has 1 amide bonds. The lowest BCUT2D eigenvalue weighted by molar-refractivity contribution is -0.112. The maximum atomic E-state index is 12.7. The minimum Gasteiger partial charge on any atom is -0.486 e. The number of anilines is 1. The Balaban J connectivity index is 1.79. The van der Waals surface area contributed by atoms with Gasteiger partial charge >= 0.3 is 0 Å². The standard InChI is InChI=1S/C18H20N2O6S/c1-11(17(21)19-16-10-15(26-20-16)18(2,3)4)27(22,23)12-5-6-13-14(9-12)25-8-7-24-13/h5-6,9-10H,1,7-8H2,2-4H3,(H,19,20,21). The topological polar surface area (TPSA) is 108 Å². The van der Waals surface area contributed by atoms with Gasteiger partial charge in [0.1, 0.15) is 23.9 Å². The number of amides is 1. The average Bonchev–Trinajstić information content (AvgIpc) is 3.09. The van der Waals surface area contributed by atoms with Crippen LogP contribution in [0.5, 0.6) is 11.5 Å². The van der Waals surface area contributed by atoms with Gasteiger partial charge in [-0.2, -0.15) is 0 Å². The summed E-state index contributed by atoms with van der Waals surface area (Å²) in [6.07, 6.45) is 0. The molecule has 144 valence electrons. The second-order valence-electron chi connectivity index (χ2n) is 7.01. The minimum absolute atomic E-state index is 0.109. The van der Waals surface area contributed by atoms with E-state index in [0.717, 1.165) is 0 Å². The van der Waals surface area contributed by atoms with Crippen molar-refractivity contribution in [2.45, 2.75) is 31.1 Å². The minimum atomic E-state index is -4.11. The molecule has 0 fully saturated rings. The third kappa shape index (κ3) is 3.82. The summed E-state index contributed by atoms with van der Waals surface area (Å²) in [5, 5.41) is 6.13. The Bertz CT molecular complexity index is 1000. The first-order valence-electron chi connectivity index (χ1n) is 8.21. The summed E-state index contributed by atoms with van der Waals surface area (Å²) < 4.78 is 41.4. The largest absolute Gasteiger partial charge is 0.486 e. The Hall–Kier alpha value is -2.81. The van der Waals surface area contributed by atoms with Gasteiger partial charge in [-0.05, 0) is 12.1 Å². The maximum absolute atomic E-state index is 12.7. The molecule has 0 bridgehead atoms. The van der Waals surface area contributed by atoms with E-state index in [1.54, 1.807) is 6.07 Å². The van der Waals surface area contributed by atoms with Crippen LogP contribution in [0.3, 0.4) is 0 Å². The number of rotatable bonds is 4. The van der Waals surface area contributed by atoms with E-state index in [0.29, 0.717) is 30.5 Å². The third-order valence-corrected chi connectivity index (χ3v) is 5.60. The second-order valence-corrected chi connectivity index (χ2v) is 8.98. The lowest BCUT2D eigenvalue weighted by Crippen LogP contribution is -2.21. The van der Waals surface area contributed by atoms with E-state index in [1.807, 2.05) is 20.8 Å². The van der Waals surface area contributed by atoms with Crippen molar-refractivity contribution in [2.24, 2.45) is 0 Å². The Labute approximate surface area is 157 Å². The van der Waals surface area contributed by atoms with Crippen molar-refractivity contribution in [1.29, 1.82) is 0 Å². The van der Waals surface area contributed by atoms with Gasteiger partial charge in [0.2, 0.25) is 9.84 Å². The number of nitrogens with one attached hydrogen (secondary N) is 1. The molecule has 1 aliphatic rings. The summed E-state index contributed by atoms with van der Waals surface area (Å²) in [4.78, 5) is 11.6. The van der Waals surface area contributed by atoms with Crippen molar-refractivity contribution in [3.63, 3.8) is 0 Å². The van der Waals surface area contributed by atoms with E-state index in [-0.39, 0.29) is 16.1 Å². The quantitative estimate of drug-likeness (QED) is 0.797. The Morgan fingerprint density at radius 3 is 2.44 bits per heavy atom. The molecule has 27 heavy (non-hydrogen) atoms. The van der Waals surface area contributed by atoms with E-state index in [4.69, 9.17) is 14.0 Å². The van der Waals surface area contributed by atoms with Crippen LogP contribution in [0.1, 0.15) is 26.5 Å². The second kappa shape index (κ2) is 6.73.